The van der Waals surface area contributed by atoms with Gasteiger partial charge in [-0.05, 0) is 65.0 Å². The maximum absolute atomic E-state index is 14.1. The second-order valence-electron chi connectivity index (χ2n) is 10.7. The van der Waals surface area contributed by atoms with Crippen molar-refractivity contribution in [2.45, 2.75) is 111 Å². The first kappa shape index (κ1) is 31.0. The highest BCUT2D eigenvalue weighted by Gasteiger charge is 2.40. The molecule has 1 rings (SSSR count). The van der Waals surface area contributed by atoms with Crippen molar-refractivity contribution in [3.63, 3.8) is 0 Å². The Bertz CT molecular complexity index is 929. The third-order valence-corrected chi connectivity index (χ3v) is 5.97. The summed E-state index contributed by atoms with van der Waals surface area (Å²) in [6.07, 6.45) is 7.44. The largest absolute Gasteiger partial charge is 0.444 e. The number of amides is 3. The Morgan fingerprint density at radius 3 is 2.17 bits per heavy atom. The minimum atomic E-state index is -0.958. The molecule has 3 amide bonds. The first-order valence-electron chi connectivity index (χ1n) is 12.9. The summed E-state index contributed by atoms with van der Waals surface area (Å²) in [5.74, 6) is 1.75. The number of nitrogens with zero attached hydrogens (tertiary/aromatic N) is 1. The van der Waals surface area contributed by atoms with Crippen LogP contribution in [0.1, 0.15) is 98.7 Å². The fourth-order valence-electron chi connectivity index (χ4n) is 4.02. The number of carbonyl (C=O) groups is 3. The SMILES string of the molecule is C#Cc1ccccc1C(C(=O)NC(C)CCC)N(C(=O)C(NC(=O)OC(C)(C)C)C(C)C)C(C)CC. The molecule has 2 N–H and O–H groups in total. The Hall–Kier alpha value is -3.01. The molecule has 4 unspecified atom stereocenters. The van der Waals surface area contributed by atoms with Crippen LogP contribution in [0.15, 0.2) is 24.3 Å². The van der Waals surface area contributed by atoms with Gasteiger partial charge in [0.05, 0.1) is 0 Å². The van der Waals surface area contributed by atoms with Gasteiger partial charge in [0.1, 0.15) is 17.7 Å². The summed E-state index contributed by atoms with van der Waals surface area (Å²) >= 11 is 0. The zero-order valence-corrected chi connectivity index (χ0v) is 23.5. The molecule has 7 heteroatoms. The molecule has 0 saturated heterocycles. The van der Waals surface area contributed by atoms with Gasteiger partial charge in [0.15, 0.2) is 0 Å². The van der Waals surface area contributed by atoms with E-state index < -0.39 is 23.8 Å². The van der Waals surface area contributed by atoms with Crippen molar-refractivity contribution in [1.29, 1.82) is 0 Å². The highest BCUT2D eigenvalue weighted by Crippen LogP contribution is 2.29. The first-order valence-corrected chi connectivity index (χ1v) is 12.9. The van der Waals surface area contributed by atoms with Gasteiger partial charge in [0.2, 0.25) is 11.8 Å². The van der Waals surface area contributed by atoms with Gasteiger partial charge < -0.3 is 20.3 Å². The number of terminal acetylenes is 1. The maximum Gasteiger partial charge on any atom is 0.408 e. The zero-order valence-electron chi connectivity index (χ0n) is 23.5. The van der Waals surface area contributed by atoms with Crippen molar-refractivity contribution in [3.8, 4) is 12.3 Å². The summed E-state index contributed by atoms with van der Waals surface area (Å²) in [7, 11) is 0. The maximum atomic E-state index is 14.1. The molecular formula is C29H45N3O4. The van der Waals surface area contributed by atoms with E-state index in [1.54, 1.807) is 37.8 Å². The summed E-state index contributed by atoms with van der Waals surface area (Å²) in [4.78, 5) is 42.1. The predicted octanol–water partition coefficient (Wildman–Crippen LogP) is 5.19. The standard InChI is InChI=1S/C29H45N3O4/c1-11-16-20(6)30-26(33)25(23-18-15-14-17-22(23)13-3)32(21(7)12-2)27(34)24(19(4)5)31-28(35)36-29(8,9)10/h3,14-15,17-21,24-25H,11-12,16H2,1-2,4-10H3,(H,30,33)(H,31,35). The predicted molar refractivity (Wildman–Crippen MR) is 144 cm³/mol. The molecule has 0 spiro atoms. The van der Waals surface area contributed by atoms with Crippen molar-refractivity contribution in [1.82, 2.24) is 15.5 Å². The lowest BCUT2D eigenvalue weighted by Gasteiger charge is -2.39. The van der Waals surface area contributed by atoms with Crippen molar-refractivity contribution in [3.05, 3.63) is 35.4 Å². The third-order valence-electron chi connectivity index (χ3n) is 5.97. The lowest BCUT2D eigenvalue weighted by molar-refractivity contribution is -0.146. The number of alkyl carbamates (subject to hydrolysis) is 1. The van der Waals surface area contributed by atoms with Crippen LogP contribution in [0, 0.1) is 18.3 Å². The molecule has 0 saturated carbocycles. The van der Waals surface area contributed by atoms with Crippen molar-refractivity contribution < 1.29 is 19.1 Å². The van der Waals surface area contributed by atoms with Crippen LogP contribution in [0.4, 0.5) is 4.79 Å². The third kappa shape index (κ3) is 8.89. The molecule has 7 nitrogen and oxygen atoms in total. The minimum Gasteiger partial charge on any atom is -0.444 e. The molecule has 0 aliphatic carbocycles. The smallest absolute Gasteiger partial charge is 0.408 e. The molecular weight excluding hydrogens is 454 g/mol. The Morgan fingerprint density at radius 1 is 1.06 bits per heavy atom. The molecule has 4 atom stereocenters. The highest BCUT2D eigenvalue weighted by molar-refractivity contribution is 5.93. The Kier molecular flexibility index (Phi) is 12.0. The quantitative estimate of drug-likeness (QED) is 0.410. The number of carbonyl (C=O) groups excluding carboxylic acids is 3. The first-order chi connectivity index (χ1) is 16.8. The van der Waals surface area contributed by atoms with E-state index in [0.29, 0.717) is 17.5 Å². The topological polar surface area (TPSA) is 87.7 Å². The average Bonchev–Trinajstić information content (AvgIpc) is 2.78. The summed E-state index contributed by atoms with van der Waals surface area (Å²) in [5, 5.41) is 5.81. The van der Waals surface area contributed by atoms with E-state index in [1.807, 2.05) is 46.8 Å². The van der Waals surface area contributed by atoms with E-state index in [4.69, 9.17) is 11.2 Å². The van der Waals surface area contributed by atoms with Gasteiger partial charge in [-0.1, -0.05) is 58.2 Å². The van der Waals surface area contributed by atoms with E-state index in [1.165, 1.54) is 0 Å². The molecule has 0 aliphatic rings. The Labute approximate surface area is 217 Å². The van der Waals surface area contributed by atoms with Crippen LogP contribution in [0.5, 0.6) is 0 Å². The second-order valence-corrected chi connectivity index (χ2v) is 10.7. The van der Waals surface area contributed by atoms with E-state index in [-0.39, 0.29) is 29.8 Å². The molecule has 0 heterocycles. The van der Waals surface area contributed by atoms with Gasteiger partial charge in [-0.3, -0.25) is 9.59 Å². The number of benzene rings is 1. The average molecular weight is 500 g/mol. The van der Waals surface area contributed by atoms with E-state index >= 15 is 0 Å². The van der Waals surface area contributed by atoms with Gasteiger partial charge in [0, 0.05) is 17.6 Å². The van der Waals surface area contributed by atoms with Gasteiger partial charge in [-0.25, -0.2) is 4.79 Å². The summed E-state index contributed by atoms with van der Waals surface area (Å²) in [5.41, 5.74) is 0.409. The fraction of sp³-hybridized carbons (Fsp3) is 0.621. The van der Waals surface area contributed by atoms with Crippen LogP contribution in [-0.2, 0) is 14.3 Å². The summed E-state index contributed by atoms with van der Waals surface area (Å²) < 4.78 is 5.42. The number of rotatable bonds is 11. The zero-order chi connectivity index (χ0) is 27.6. The molecule has 0 fully saturated rings. The number of hydrogen-bond donors (Lipinski definition) is 2. The number of ether oxygens (including phenoxy) is 1. The van der Waals surface area contributed by atoms with Crippen LogP contribution < -0.4 is 10.6 Å². The van der Waals surface area contributed by atoms with Crippen molar-refractivity contribution >= 4 is 17.9 Å². The second kappa shape index (κ2) is 13.9. The molecule has 0 radical (unpaired) electrons. The molecule has 200 valence electrons. The lowest BCUT2D eigenvalue weighted by atomic mass is 9.94. The van der Waals surface area contributed by atoms with Crippen molar-refractivity contribution in [2.24, 2.45) is 5.92 Å². The van der Waals surface area contributed by atoms with E-state index in [0.717, 1.165) is 12.8 Å². The van der Waals surface area contributed by atoms with Crippen LogP contribution in [-0.4, -0.2) is 46.5 Å². The molecule has 1 aromatic rings. The van der Waals surface area contributed by atoms with Gasteiger partial charge >= 0.3 is 6.09 Å². The number of hydrogen-bond acceptors (Lipinski definition) is 4. The molecule has 0 aliphatic heterocycles. The van der Waals surface area contributed by atoms with Crippen molar-refractivity contribution in [2.75, 3.05) is 0 Å². The monoisotopic (exact) mass is 499 g/mol. The summed E-state index contributed by atoms with van der Waals surface area (Å²) in [6.45, 7) is 16.8. The summed E-state index contributed by atoms with van der Waals surface area (Å²) in [6, 6.07) is 4.95. The number of nitrogens with one attached hydrogen (secondary N) is 2. The normalized spacial score (nSPS) is 14.7. The Morgan fingerprint density at radius 2 is 1.67 bits per heavy atom. The lowest BCUT2D eigenvalue weighted by Crippen LogP contribution is -2.57. The molecule has 36 heavy (non-hydrogen) atoms. The highest BCUT2D eigenvalue weighted by atomic mass is 16.6. The van der Waals surface area contributed by atoms with Gasteiger partial charge in [-0.15, -0.1) is 6.42 Å². The van der Waals surface area contributed by atoms with Crippen LogP contribution in [0.2, 0.25) is 0 Å². The van der Waals surface area contributed by atoms with E-state index in [2.05, 4.69) is 23.5 Å². The molecule has 1 aromatic carbocycles. The minimum absolute atomic E-state index is 0.0716. The van der Waals surface area contributed by atoms with Crippen LogP contribution in [0.3, 0.4) is 0 Å². The van der Waals surface area contributed by atoms with Gasteiger partial charge in [0.25, 0.3) is 0 Å². The fourth-order valence-corrected chi connectivity index (χ4v) is 4.02. The van der Waals surface area contributed by atoms with Crippen LogP contribution in [0.25, 0.3) is 0 Å². The molecule has 0 aromatic heterocycles. The van der Waals surface area contributed by atoms with E-state index in [9.17, 15) is 14.4 Å². The Balaban J connectivity index is 3.61. The van der Waals surface area contributed by atoms with Crippen LogP contribution >= 0.6 is 0 Å². The van der Waals surface area contributed by atoms with Gasteiger partial charge in [-0.2, -0.15) is 0 Å². The molecule has 0 bridgehead atoms.